The number of fused-ring (bicyclic) bond motifs is 2. The third-order valence-corrected chi connectivity index (χ3v) is 7.34. The molecule has 184 valence electrons. The standard InChI is InChI=1S/C25H23ClFN7O2/c1-15-20-12-32(14-28)6-7-33(20)31-23(15)16-8-21(24-19(26)10-30-34(24)11-16)36-13-25(35,17-2-3-17)22-5-4-18(27)9-29-22/h4-5,8-11,17,35H,2-3,6-7,12-13H2,1H3. The molecule has 0 saturated heterocycles. The highest BCUT2D eigenvalue weighted by Crippen LogP contribution is 2.46. The highest BCUT2D eigenvalue weighted by Gasteiger charge is 2.47. The van der Waals surface area contributed by atoms with Gasteiger partial charge in [-0.15, -0.1) is 0 Å². The van der Waals surface area contributed by atoms with Crippen molar-refractivity contribution in [2.24, 2.45) is 5.92 Å². The van der Waals surface area contributed by atoms with Crippen molar-refractivity contribution in [3.8, 4) is 23.2 Å². The number of aromatic nitrogens is 5. The van der Waals surface area contributed by atoms with Crippen LogP contribution in [-0.4, -0.2) is 47.5 Å². The number of ether oxygens (including phenoxy) is 1. The Kier molecular flexibility index (Phi) is 5.35. The van der Waals surface area contributed by atoms with Gasteiger partial charge in [0.15, 0.2) is 6.19 Å². The molecule has 1 unspecified atom stereocenters. The summed E-state index contributed by atoms with van der Waals surface area (Å²) in [6.45, 7) is 3.66. The van der Waals surface area contributed by atoms with Crippen molar-refractivity contribution < 1.29 is 14.2 Å². The van der Waals surface area contributed by atoms with Gasteiger partial charge in [-0.3, -0.25) is 9.67 Å². The van der Waals surface area contributed by atoms with Crippen molar-refractivity contribution in [2.75, 3.05) is 13.2 Å². The van der Waals surface area contributed by atoms with Crippen molar-refractivity contribution in [3.63, 3.8) is 0 Å². The maximum atomic E-state index is 13.5. The largest absolute Gasteiger partial charge is 0.488 e. The van der Waals surface area contributed by atoms with Crippen LogP contribution in [0.1, 0.15) is 29.8 Å². The zero-order valence-corrected chi connectivity index (χ0v) is 20.3. The van der Waals surface area contributed by atoms with Gasteiger partial charge in [0, 0.05) is 23.9 Å². The molecule has 1 saturated carbocycles. The lowest BCUT2D eigenvalue weighted by atomic mass is 9.94. The van der Waals surface area contributed by atoms with E-state index < -0.39 is 11.4 Å². The van der Waals surface area contributed by atoms with Crippen LogP contribution in [0.15, 0.2) is 36.8 Å². The molecule has 4 aromatic heterocycles. The predicted octanol–water partition coefficient (Wildman–Crippen LogP) is 3.67. The molecule has 11 heteroatoms. The highest BCUT2D eigenvalue weighted by molar-refractivity contribution is 6.34. The first kappa shape index (κ1) is 22.8. The summed E-state index contributed by atoms with van der Waals surface area (Å²) in [5, 5.41) is 30.4. The van der Waals surface area contributed by atoms with Gasteiger partial charge in [-0.2, -0.15) is 15.5 Å². The lowest BCUT2D eigenvalue weighted by molar-refractivity contribution is -0.0328. The number of pyridine rings is 2. The second-order valence-electron chi connectivity index (χ2n) is 9.39. The molecule has 0 aromatic carbocycles. The SMILES string of the molecule is Cc1c(-c2cc(OCC(O)(c3ccc(F)cn3)C3CC3)c3c(Cl)cnn3c2)nn2c1CN(C#N)CC2. The van der Waals surface area contributed by atoms with Crippen LogP contribution in [-0.2, 0) is 18.7 Å². The minimum atomic E-state index is -1.36. The molecular formula is C25H23ClFN7O2. The molecule has 1 aliphatic carbocycles. The molecule has 0 radical (unpaired) electrons. The Morgan fingerprint density at radius 2 is 2.14 bits per heavy atom. The van der Waals surface area contributed by atoms with Gasteiger partial charge in [0.05, 0.1) is 47.6 Å². The first-order chi connectivity index (χ1) is 17.4. The predicted molar refractivity (Wildman–Crippen MR) is 128 cm³/mol. The summed E-state index contributed by atoms with van der Waals surface area (Å²) in [5.41, 5.74) is 3.08. The molecule has 0 bridgehead atoms. The quantitative estimate of drug-likeness (QED) is 0.397. The van der Waals surface area contributed by atoms with Crippen molar-refractivity contribution in [1.82, 2.24) is 29.3 Å². The van der Waals surface area contributed by atoms with Crippen LogP contribution in [0, 0.1) is 30.1 Å². The van der Waals surface area contributed by atoms with Crippen LogP contribution in [0.2, 0.25) is 5.02 Å². The number of nitrogens with zero attached hydrogens (tertiary/aromatic N) is 7. The van der Waals surface area contributed by atoms with Gasteiger partial charge < -0.3 is 14.7 Å². The second kappa shape index (κ2) is 8.47. The van der Waals surface area contributed by atoms with Gasteiger partial charge in [0.25, 0.3) is 0 Å². The first-order valence-electron chi connectivity index (χ1n) is 11.7. The summed E-state index contributed by atoms with van der Waals surface area (Å²) < 4.78 is 23.3. The van der Waals surface area contributed by atoms with E-state index in [2.05, 4.69) is 16.3 Å². The molecule has 6 rings (SSSR count). The van der Waals surface area contributed by atoms with Crippen LogP contribution < -0.4 is 4.74 Å². The first-order valence-corrected chi connectivity index (χ1v) is 12.1. The van der Waals surface area contributed by atoms with E-state index in [0.717, 1.165) is 41.6 Å². The maximum absolute atomic E-state index is 13.5. The minimum absolute atomic E-state index is 0.0276. The van der Waals surface area contributed by atoms with Crippen molar-refractivity contribution in [2.45, 2.75) is 38.5 Å². The van der Waals surface area contributed by atoms with E-state index in [1.54, 1.807) is 9.42 Å². The molecule has 1 fully saturated rings. The molecule has 1 N–H and O–H groups in total. The van der Waals surface area contributed by atoms with E-state index in [1.807, 2.05) is 23.9 Å². The van der Waals surface area contributed by atoms with Gasteiger partial charge in [-0.05, 0) is 43.9 Å². The van der Waals surface area contributed by atoms with E-state index in [9.17, 15) is 14.8 Å². The summed E-state index contributed by atoms with van der Waals surface area (Å²) >= 11 is 6.45. The third kappa shape index (κ3) is 3.75. The monoisotopic (exact) mass is 507 g/mol. The Morgan fingerprint density at radius 3 is 2.86 bits per heavy atom. The number of hydrogen-bond donors (Lipinski definition) is 1. The lowest BCUT2D eigenvalue weighted by Gasteiger charge is -2.28. The van der Waals surface area contributed by atoms with Crippen LogP contribution in [0.3, 0.4) is 0 Å². The summed E-state index contributed by atoms with van der Waals surface area (Å²) in [7, 11) is 0. The Bertz CT molecular complexity index is 1510. The van der Waals surface area contributed by atoms with E-state index in [0.29, 0.717) is 41.6 Å². The Morgan fingerprint density at radius 1 is 1.31 bits per heavy atom. The normalized spacial score (nSPS) is 17.0. The Hall–Kier alpha value is -3.68. The summed E-state index contributed by atoms with van der Waals surface area (Å²) in [5.74, 6) is -0.0465. The molecule has 0 spiro atoms. The number of rotatable bonds is 6. The number of hydrogen-bond acceptors (Lipinski definition) is 7. The molecule has 5 heterocycles. The van der Waals surface area contributed by atoms with Gasteiger partial charge in [0.1, 0.15) is 29.3 Å². The molecule has 1 aliphatic heterocycles. The third-order valence-electron chi connectivity index (χ3n) is 7.06. The summed E-state index contributed by atoms with van der Waals surface area (Å²) in [6, 6.07) is 4.63. The Balaban J connectivity index is 1.38. The fourth-order valence-corrected chi connectivity index (χ4v) is 5.10. The topological polar surface area (TPSA) is 104 Å². The van der Waals surface area contributed by atoms with Crippen LogP contribution >= 0.6 is 11.6 Å². The molecule has 0 amide bonds. The molecule has 4 aromatic rings. The van der Waals surface area contributed by atoms with Crippen molar-refractivity contribution in [3.05, 3.63) is 64.6 Å². The number of halogens is 2. The Labute approximate surface area is 211 Å². The number of nitriles is 1. The fourth-order valence-electron chi connectivity index (χ4n) is 4.88. The zero-order chi connectivity index (χ0) is 25.0. The van der Waals surface area contributed by atoms with Crippen molar-refractivity contribution >= 4 is 17.1 Å². The minimum Gasteiger partial charge on any atom is -0.488 e. The average Bonchev–Trinajstić information content (AvgIpc) is 3.62. The van der Waals surface area contributed by atoms with E-state index >= 15 is 0 Å². The van der Waals surface area contributed by atoms with Crippen LogP contribution in [0.5, 0.6) is 5.75 Å². The average molecular weight is 508 g/mol. The summed E-state index contributed by atoms with van der Waals surface area (Å²) in [6.07, 6.45) is 8.36. The van der Waals surface area contributed by atoms with E-state index in [4.69, 9.17) is 21.4 Å². The lowest BCUT2D eigenvalue weighted by Crippen LogP contribution is -2.36. The second-order valence-corrected chi connectivity index (χ2v) is 9.80. The molecule has 1 atom stereocenters. The van der Waals surface area contributed by atoms with Gasteiger partial charge in [-0.1, -0.05) is 11.6 Å². The van der Waals surface area contributed by atoms with Gasteiger partial charge >= 0.3 is 0 Å². The van der Waals surface area contributed by atoms with Gasteiger partial charge in [0.2, 0.25) is 0 Å². The number of aliphatic hydroxyl groups is 1. The van der Waals surface area contributed by atoms with Gasteiger partial charge in [-0.25, -0.2) is 8.91 Å². The van der Waals surface area contributed by atoms with Crippen molar-refractivity contribution in [1.29, 1.82) is 5.26 Å². The van der Waals surface area contributed by atoms with E-state index in [1.165, 1.54) is 18.3 Å². The molecule has 36 heavy (non-hydrogen) atoms. The van der Waals surface area contributed by atoms with Crippen LogP contribution in [0.4, 0.5) is 4.39 Å². The smallest absolute Gasteiger partial charge is 0.179 e. The highest BCUT2D eigenvalue weighted by atomic mass is 35.5. The molecule has 9 nitrogen and oxygen atoms in total. The van der Waals surface area contributed by atoms with E-state index in [-0.39, 0.29) is 12.5 Å². The summed E-state index contributed by atoms with van der Waals surface area (Å²) in [4.78, 5) is 5.84. The van der Waals surface area contributed by atoms with Crippen LogP contribution in [0.25, 0.3) is 16.8 Å². The molecule has 2 aliphatic rings. The fraction of sp³-hybridized carbons (Fsp3) is 0.360. The zero-order valence-electron chi connectivity index (χ0n) is 19.5. The maximum Gasteiger partial charge on any atom is 0.179 e. The molecular weight excluding hydrogens is 485 g/mol.